The fraction of sp³-hybridized carbons (Fsp3) is 0.500. The summed E-state index contributed by atoms with van der Waals surface area (Å²) in [5, 5.41) is 11.5. The minimum atomic E-state index is -0.549. The number of carbonyl (C=O) groups excluding carboxylic acids is 1. The molecule has 1 aromatic carbocycles. The molecule has 0 fully saturated rings. The maximum Gasteiger partial charge on any atom is 0.237 e. The Labute approximate surface area is 112 Å². The van der Waals surface area contributed by atoms with Crippen LogP contribution in [-0.2, 0) is 17.9 Å². The van der Waals surface area contributed by atoms with Crippen molar-refractivity contribution >= 4 is 5.91 Å². The van der Waals surface area contributed by atoms with Crippen LogP contribution in [0.15, 0.2) is 18.2 Å². The smallest absolute Gasteiger partial charge is 0.237 e. The first-order valence-corrected chi connectivity index (χ1v) is 6.41. The molecule has 0 aliphatic heterocycles. The van der Waals surface area contributed by atoms with Crippen LogP contribution < -0.4 is 11.1 Å². The van der Waals surface area contributed by atoms with E-state index in [1.807, 2.05) is 13.8 Å². The second-order valence-corrected chi connectivity index (χ2v) is 4.71. The number of amides is 1. The zero-order valence-corrected chi connectivity index (χ0v) is 11.3. The van der Waals surface area contributed by atoms with Crippen LogP contribution in [-0.4, -0.2) is 17.1 Å². The van der Waals surface area contributed by atoms with E-state index < -0.39 is 11.9 Å². The van der Waals surface area contributed by atoms with Crippen LogP contribution in [0.4, 0.5) is 4.39 Å². The second-order valence-electron chi connectivity index (χ2n) is 4.71. The van der Waals surface area contributed by atoms with E-state index in [1.54, 1.807) is 6.07 Å². The van der Waals surface area contributed by atoms with Crippen LogP contribution in [0, 0.1) is 11.7 Å². The lowest BCUT2D eigenvalue weighted by atomic mass is 9.99. The van der Waals surface area contributed by atoms with E-state index in [2.05, 4.69) is 5.32 Å². The van der Waals surface area contributed by atoms with Crippen molar-refractivity contribution in [1.82, 2.24) is 5.32 Å². The third-order valence-electron chi connectivity index (χ3n) is 3.31. The van der Waals surface area contributed by atoms with Crippen LogP contribution >= 0.6 is 0 Å². The molecular formula is C14H21FN2O2. The maximum absolute atomic E-state index is 13.4. The number of halogens is 1. The number of rotatable bonds is 6. The molecule has 0 radical (unpaired) electrons. The number of carbonyl (C=O) groups is 1. The number of aliphatic hydroxyl groups excluding tert-OH is 1. The molecule has 2 unspecified atom stereocenters. The third-order valence-corrected chi connectivity index (χ3v) is 3.31. The summed E-state index contributed by atoms with van der Waals surface area (Å²) in [6.07, 6.45) is 0.828. The summed E-state index contributed by atoms with van der Waals surface area (Å²) in [5.74, 6) is -0.602. The van der Waals surface area contributed by atoms with E-state index in [-0.39, 0.29) is 30.5 Å². The van der Waals surface area contributed by atoms with E-state index >= 15 is 0 Å². The molecular weight excluding hydrogens is 247 g/mol. The van der Waals surface area contributed by atoms with Crippen LogP contribution in [0.25, 0.3) is 0 Å². The van der Waals surface area contributed by atoms with Crippen molar-refractivity contribution in [2.75, 3.05) is 0 Å². The monoisotopic (exact) mass is 268 g/mol. The van der Waals surface area contributed by atoms with E-state index in [0.29, 0.717) is 5.56 Å². The first kappa shape index (κ1) is 15.6. The number of hydrogen-bond acceptors (Lipinski definition) is 3. The molecule has 1 aromatic rings. The van der Waals surface area contributed by atoms with Crippen molar-refractivity contribution in [3.8, 4) is 0 Å². The van der Waals surface area contributed by atoms with E-state index in [1.165, 1.54) is 12.1 Å². The Kier molecular flexibility index (Phi) is 5.92. The molecule has 1 rings (SSSR count). The Morgan fingerprint density at radius 2 is 2.21 bits per heavy atom. The van der Waals surface area contributed by atoms with Crippen LogP contribution in [0.5, 0.6) is 0 Å². The number of nitrogens with two attached hydrogens (primary N) is 1. The minimum absolute atomic E-state index is 0.105. The predicted octanol–water partition coefficient (Wildman–Crippen LogP) is 1.31. The van der Waals surface area contributed by atoms with Crippen LogP contribution in [0.3, 0.4) is 0 Å². The summed E-state index contributed by atoms with van der Waals surface area (Å²) in [6.45, 7) is 3.78. The van der Waals surface area contributed by atoms with Gasteiger partial charge in [-0.15, -0.1) is 0 Å². The molecule has 5 heteroatoms. The minimum Gasteiger partial charge on any atom is -0.392 e. The molecule has 0 bridgehead atoms. The van der Waals surface area contributed by atoms with Gasteiger partial charge in [-0.3, -0.25) is 4.79 Å². The van der Waals surface area contributed by atoms with E-state index in [0.717, 1.165) is 6.42 Å². The molecule has 0 spiro atoms. The lowest BCUT2D eigenvalue weighted by Gasteiger charge is -2.17. The van der Waals surface area contributed by atoms with E-state index in [9.17, 15) is 9.18 Å². The standard InChI is InChI=1S/C14H21FN2O2/c1-3-9(2)13(16)14(19)17-7-10-4-5-11(8-18)12(15)6-10/h4-6,9,13,18H,3,7-8,16H2,1-2H3,(H,17,19). The Hall–Kier alpha value is -1.46. The number of hydrogen-bond donors (Lipinski definition) is 3. The molecule has 1 amide bonds. The fourth-order valence-electron chi connectivity index (χ4n) is 1.65. The van der Waals surface area contributed by atoms with Gasteiger partial charge in [0.1, 0.15) is 5.82 Å². The highest BCUT2D eigenvalue weighted by Crippen LogP contribution is 2.11. The highest BCUT2D eigenvalue weighted by Gasteiger charge is 2.18. The lowest BCUT2D eigenvalue weighted by Crippen LogP contribution is -2.44. The molecule has 0 saturated carbocycles. The van der Waals surface area contributed by atoms with Crippen molar-refractivity contribution in [2.24, 2.45) is 11.7 Å². The molecule has 19 heavy (non-hydrogen) atoms. The summed E-state index contributed by atoms with van der Waals surface area (Å²) >= 11 is 0. The maximum atomic E-state index is 13.4. The van der Waals surface area contributed by atoms with Crippen molar-refractivity contribution in [2.45, 2.75) is 39.5 Å². The molecule has 0 heterocycles. The molecule has 0 aliphatic carbocycles. The first-order valence-electron chi connectivity index (χ1n) is 6.41. The molecule has 2 atom stereocenters. The van der Waals surface area contributed by atoms with Crippen LogP contribution in [0.1, 0.15) is 31.4 Å². The third kappa shape index (κ3) is 4.29. The van der Waals surface area contributed by atoms with Gasteiger partial charge in [-0.25, -0.2) is 4.39 Å². The summed E-state index contributed by atoms with van der Waals surface area (Å²) in [7, 11) is 0. The molecule has 4 nitrogen and oxygen atoms in total. The normalized spacial score (nSPS) is 13.9. The number of aliphatic hydroxyl groups is 1. The van der Waals surface area contributed by atoms with Gasteiger partial charge in [-0.1, -0.05) is 32.4 Å². The zero-order valence-electron chi connectivity index (χ0n) is 11.3. The van der Waals surface area contributed by atoms with Gasteiger partial charge in [-0.2, -0.15) is 0 Å². The molecule has 106 valence electrons. The van der Waals surface area contributed by atoms with E-state index in [4.69, 9.17) is 10.8 Å². The van der Waals surface area contributed by atoms with Gasteiger partial charge in [-0.05, 0) is 17.5 Å². The number of benzene rings is 1. The topological polar surface area (TPSA) is 75.4 Å². The molecule has 4 N–H and O–H groups in total. The zero-order chi connectivity index (χ0) is 14.4. The Morgan fingerprint density at radius 1 is 1.53 bits per heavy atom. The van der Waals surface area contributed by atoms with Crippen LogP contribution in [0.2, 0.25) is 0 Å². The summed E-state index contributed by atoms with van der Waals surface area (Å²) in [4.78, 5) is 11.8. The average molecular weight is 268 g/mol. The van der Waals surface area contributed by atoms with Crippen molar-refractivity contribution in [3.63, 3.8) is 0 Å². The fourth-order valence-corrected chi connectivity index (χ4v) is 1.65. The Bertz CT molecular complexity index is 437. The van der Waals surface area contributed by atoms with Crippen molar-refractivity contribution < 1.29 is 14.3 Å². The Balaban J connectivity index is 2.57. The summed E-state index contributed by atoms with van der Waals surface area (Å²) < 4.78 is 13.4. The predicted molar refractivity (Wildman–Crippen MR) is 71.6 cm³/mol. The van der Waals surface area contributed by atoms with Crippen molar-refractivity contribution in [1.29, 1.82) is 0 Å². The van der Waals surface area contributed by atoms with Gasteiger partial charge in [0.2, 0.25) is 5.91 Å². The van der Waals surface area contributed by atoms with Gasteiger partial charge in [0.25, 0.3) is 0 Å². The summed E-state index contributed by atoms with van der Waals surface area (Å²) in [5.41, 5.74) is 6.67. The quantitative estimate of drug-likeness (QED) is 0.728. The largest absolute Gasteiger partial charge is 0.392 e. The second kappa shape index (κ2) is 7.21. The van der Waals surface area contributed by atoms with Gasteiger partial charge < -0.3 is 16.2 Å². The molecule has 0 aromatic heterocycles. The van der Waals surface area contributed by atoms with Crippen molar-refractivity contribution in [3.05, 3.63) is 35.1 Å². The highest BCUT2D eigenvalue weighted by atomic mass is 19.1. The lowest BCUT2D eigenvalue weighted by molar-refractivity contribution is -0.123. The SMILES string of the molecule is CCC(C)C(N)C(=O)NCc1ccc(CO)c(F)c1. The van der Waals surface area contributed by atoms with Gasteiger partial charge in [0, 0.05) is 12.1 Å². The van der Waals surface area contributed by atoms with Gasteiger partial charge in [0.15, 0.2) is 0 Å². The number of nitrogens with one attached hydrogen (secondary N) is 1. The summed E-state index contributed by atoms with van der Waals surface area (Å²) in [6, 6.07) is 3.93. The van der Waals surface area contributed by atoms with Gasteiger partial charge in [0.05, 0.1) is 12.6 Å². The first-order chi connectivity index (χ1) is 8.99. The molecule has 0 aliphatic rings. The Morgan fingerprint density at radius 3 is 2.74 bits per heavy atom. The molecule has 0 saturated heterocycles. The average Bonchev–Trinajstić information content (AvgIpc) is 2.43. The highest BCUT2D eigenvalue weighted by molar-refractivity contribution is 5.81. The van der Waals surface area contributed by atoms with Gasteiger partial charge >= 0.3 is 0 Å².